The molecule has 2 heterocycles. The van der Waals surface area contributed by atoms with Crippen LogP contribution in [0.5, 0.6) is 0 Å². The number of piperidine rings is 1. The van der Waals surface area contributed by atoms with Gasteiger partial charge in [0.2, 0.25) is 0 Å². The minimum atomic E-state index is -0.951. The Balaban J connectivity index is 1.89. The van der Waals surface area contributed by atoms with E-state index in [1.54, 1.807) is 10.9 Å². The number of nitrogens with two attached hydrogens (primary N) is 1. The van der Waals surface area contributed by atoms with Gasteiger partial charge in [0.15, 0.2) is 0 Å². The van der Waals surface area contributed by atoms with Crippen molar-refractivity contribution in [3.63, 3.8) is 0 Å². The van der Waals surface area contributed by atoms with Crippen LogP contribution < -0.4 is 16.0 Å². The molecule has 1 aromatic rings. The summed E-state index contributed by atoms with van der Waals surface area (Å²) in [6.45, 7) is 2.30. The Morgan fingerprint density at radius 1 is 1.61 bits per heavy atom. The number of carboxylic acid groups (broad SMARTS) is 1. The maximum Gasteiger partial charge on any atom is 0.404 e. The van der Waals surface area contributed by atoms with E-state index in [2.05, 4.69) is 15.3 Å². The Labute approximate surface area is 106 Å². The Morgan fingerprint density at radius 2 is 2.28 bits per heavy atom. The summed E-state index contributed by atoms with van der Waals surface area (Å²) in [4.78, 5) is 12.6. The maximum atomic E-state index is 10.4. The van der Waals surface area contributed by atoms with Crippen LogP contribution in [-0.4, -0.2) is 40.6 Å². The molecule has 1 aromatic heterocycles. The van der Waals surface area contributed by atoms with Crippen LogP contribution in [0.15, 0.2) is 6.20 Å². The van der Waals surface area contributed by atoms with Gasteiger partial charge in [-0.3, -0.25) is 4.68 Å². The predicted octanol–water partition coefficient (Wildman–Crippen LogP) is 0.486. The van der Waals surface area contributed by atoms with E-state index in [-0.39, 0.29) is 0 Å². The van der Waals surface area contributed by atoms with Gasteiger partial charge in [-0.15, -0.1) is 0 Å². The van der Waals surface area contributed by atoms with E-state index in [1.165, 1.54) is 0 Å². The summed E-state index contributed by atoms with van der Waals surface area (Å²) in [5, 5.41) is 15.1. The van der Waals surface area contributed by atoms with Crippen molar-refractivity contribution in [2.45, 2.75) is 12.8 Å². The summed E-state index contributed by atoms with van der Waals surface area (Å²) in [6.07, 6.45) is 2.64. The van der Waals surface area contributed by atoms with Gasteiger partial charge in [-0.25, -0.2) is 4.79 Å². The topological polar surface area (TPSA) is 96.4 Å². The first kappa shape index (κ1) is 12.5. The van der Waals surface area contributed by atoms with Gasteiger partial charge in [-0.1, -0.05) is 0 Å². The number of nitrogen functional groups attached to an aromatic ring is 1. The van der Waals surface area contributed by atoms with Crippen LogP contribution in [0.3, 0.4) is 0 Å². The molecule has 1 saturated heterocycles. The summed E-state index contributed by atoms with van der Waals surface area (Å²) in [7, 11) is 1.88. The summed E-state index contributed by atoms with van der Waals surface area (Å²) in [5.74, 6) is 1.37. The molecule has 1 aliphatic rings. The van der Waals surface area contributed by atoms with Crippen molar-refractivity contribution in [3.05, 3.63) is 6.20 Å². The lowest BCUT2D eigenvalue weighted by molar-refractivity contribution is 0.191. The molecule has 18 heavy (non-hydrogen) atoms. The molecule has 7 nitrogen and oxygen atoms in total. The van der Waals surface area contributed by atoms with Crippen LogP contribution in [0.25, 0.3) is 0 Å². The Bertz CT molecular complexity index is 404. The van der Waals surface area contributed by atoms with Crippen LogP contribution in [0, 0.1) is 5.92 Å². The van der Waals surface area contributed by atoms with Crippen molar-refractivity contribution in [3.8, 4) is 0 Å². The van der Waals surface area contributed by atoms with E-state index in [1.807, 2.05) is 7.05 Å². The number of anilines is 2. The lowest BCUT2D eigenvalue weighted by Gasteiger charge is -2.33. The normalized spacial score (nSPS) is 16.8. The quantitative estimate of drug-likeness (QED) is 0.728. The first-order chi connectivity index (χ1) is 8.58. The van der Waals surface area contributed by atoms with Crippen molar-refractivity contribution < 1.29 is 9.90 Å². The monoisotopic (exact) mass is 253 g/mol. The third-order valence-corrected chi connectivity index (χ3v) is 3.39. The summed E-state index contributed by atoms with van der Waals surface area (Å²) >= 11 is 0. The average molecular weight is 253 g/mol. The van der Waals surface area contributed by atoms with Gasteiger partial charge in [-0.2, -0.15) is 5.10 Å². The van der Waals surface area contributed by atoms with E-state index < -0.39 is 6.09 Å². The fourth-order valence-electron chi connectivity index (χ4n) is 2.42. The second-order valence-electron chi connectivity index (χ2n) is 4.66. The number of nitrogens with one attached hydrogen (secondary N) is 1. The fraction of sp³-hybridized carbons (Fsp3) is 0.636. The SMILES string of the molecule is Cn1ncc(N)c1N1CCC(CNC(=O)O)CC1. The molecule has 0 unspecified atom stereocenters. The molecule has 1 amide bonds. The van der Waals surface area contributed by atoms with Crippen LogP contribution in [-0.2, 0) is 7.05 Å². The number of hydrogen-bond donors (Lipinski definition) is 3. The highest BCUT2D eigenvalue weighted by Gasteiger charge is 2.22. The highest BCUT2D eigenvalue weighted by atomic mass is 16.4. The number of rotatable bonds is 3. The Morgan fingerprint density at radius 3 is 2.78 bits per heavy atom. The molecule has 0 aromatic carbocycles. The summed E-state index contributed by atoms with van der Waals surface area (Å²) < 4.78 is 1.78. The van der Waals surface area contributed by atoms with E-state index >= 15 is 0 Å². The second-order valence-corrected chi connectivity index (χ2v) is 4.66. The highest BCUT2D eigenvalue weighted by Crippen LogP contribution is 2.26. The van der Waals surface area contributed by atoms with Crippen LogP contribution >= 0.6 is 0 Å². The smallest absolute Gasteiger partial charge is 0.404 e. The first-order valence-electron chi connectivity index (χ1n) is 6.07. The molecule has 2 rings (SSSR count). The minimum Gasteiger partial charge on any atom is -0.465 e. The number of amides is 1. The molecular formula is C11H19N5O2. The van der Waals surface area contributed by atoms with Crippen LogP contribution in [0.2, 0.25) is 0 Å². The molecule has 0 saturated carbocycles. The lowest BCUT2D eigenvalue weighted by Crippen LogP contribution is -2.39. The third kappa shape index (κ3) is 2.66. The van der Waals surface area contributed by atoms with Gasteiger partial charge >= 0.3 is 6.09 Å². The van der Waals surface area contributed by atoms with Crippen molar-refractivity contribution in [1.29, 1.82) is 0 Å². The zero-order valence-electron chi connectivity index (χ0n) is 10.5. The van der Waals surface area contributed by atoms with Crippen molar-refractivity contribution in [1.82, 2.24) is 15.1 Å². The highest BCUT2D eigenvalue weighted by molar-refractivity contribution is 5.64. The molecule has 1 aliphatic heterocycles. The molecule has 0 atom stereocenters. The van der Waals surface area contributed by atoms with E-state index in [4.69, 9.17) is 10.8 Å². The zero-order valence-corrected chi connectivity index (χ0v) is 10.5. The summed E-state index contributed by atoms with van der Waals surface area (Å²) in [6, 6.07) is 0. The second kappa shape index (κ2) is 5.16. The predicted molar refractivity (Wildman–Crippen MR) is 68.6 cm³/mol. The van der Waals surface area contributed by atoms with E-state index in [0.717, 1.165) is 31.7 Å². The number of aromatic nitrogens is 2. The standard InChI is InChI=1S/C11H19N5O2/c1-15-10(9(12)7-14-15)16-4-2-8(3-5-16)6-13-11(17)18/h7-8,13H,2-6,12H2,1H3,(H,17,18). The largest absolute Gasteiger partial charge is 0.465 e. The van der Waals surface area contributed by atoms with Crippen molar-refractivity contribution >= 4 is 17.6 Å². The van der Waals surface area contributed by atoms with E-state index in [0.29, 0.717) is 18.2 Å². The third-order valence-electron chi connectivity index (χ3n) is 3.39. The van der Waals surface area contributed by atoms with Gasteiger partial charge < -0.3 is 21.1 Å². The van der Waals surface area contributed by atoms with Gasteiger partial charge in [0, 0.05) is 26.7 Å². The van der Waals surface area contributed by atoms with Crippen molar-refractivity contribution in [2.75, 3.05) is 30.3 Å². The van der Waals surface area contributed by atoms with Gasteiger partial charge in [0.1, 0.15) is 5.82 Å². The van der Waals surface area contributed by atoms with E-state index in [9.17, 15) is 4.79 Å². The number of carbonyl (C=O) groups is 1. The number of hydrogen-bond acceptors (Lipinski definition) is 4. The molecule has 1 fully saturated rings. The number of nitrogens with zero attached hydrogens (tertiary/aromatic N) is 3. The molecule has 4 N–H and O–H groups in total. The average Bonchev–Trinajstić information content (AvgIpc) is 2.67. The molecule has 100 valence electrons. The molecule has 7 heteroatoms. The van der Waals surface area contributed by atoms with Crippen LogP contribution in [0.4, 0.5) is 16.3 Å². The lowest BCUT2D eigenvalue weighted by atomic mass is 9.97. The van der Waals surface area contributed by atoms with Gasteiger partial charge in [0.25, 0.3) is 0 Å². The zero-order chi connectivity index (χ0) is 13.1. The number of aryl methyl sites for hydroxylation is 1. The fourth-order valence-corrected chi connectivity index (χ4v) is 2.42. The Kier molecular flexibility index (Phi) is 3.59. The minimum absolute atomic E-state index is 0.409. The molecule has 0 bridgehead atoms. The first-order valence-corrected chi connectivity index (χ1v) is 6.07. The van der Waals surface area contributed by atoms with Crippen LogP contribution in [0.1, 0.15) is 12.8 Å². The van der Waals surface area contributed by atoms with Crippen molar-refractivity contribution in [2.24, 2.45) is 13.0 Å². The Hall–Kier alpha value is -1.92. The van der Waals surface area contributed by atoms with Gasteiger partial charge in [0.05, 0.1) is 11.9 Å². The maximum absolute atomic E-state index is 10.4. The molecular weight excluding hydrogens is 234 g/mol. The molecule has 0 radical (unpaired) electrons. The van der Waals surface area contributed by atoms with Gasteiger partial charge in [-0.05, 0) is 18.8 Å². The molecule has 0 aliphatic carbocycles. The molecule has 0 spiro atoms. The summed E-state index contributed by atoms with van der Waals surface area (Å²) in [5.41, 5.74) is 6.58.